The van der Waals surface area contributed by atoms with Gasteiger partial charge in [-0.3, -0.25) is 15.5 Å². The molecule has 0 aliphatic heterocycles. The molecular weight excluding hydrogens is 476 g/mol. The van der Waals surface area contributed by atoms with E-state index in [1.54, 1.807) is 18.5 Å². The number of nitrogens with one attached hydrogen (secondary N) is 2. The van der Waals surface area contributed by atoms with Gasteiger partial charge >= 0.3 is 11.9 Å². The second-order valence-electron chi connectivity index (χ2n) is 8.32. The number of pyridine rings is 1. The minimum absolute atomic E-state index is 0.0426. The zero-order valence-corrected chi connectivity index (χ0v) is 19.8. The van der Waals surface area contributed by atoms with E-state index in [1.165, 1.54) is 24.3 Å². The number of hydrogen-bond acceptors (Lipinski definition) is 8. The molecular formula is C27H24N4O6. The SMILES string of the molecule is N=C(C(=O)OCc1ccccc1)C(CCOC(=O)c1ccc([N+](=O)[O-])cc1)Cc1c[nH]c2ncccc12. The quantitative estimate of drug-likeness (QED) is 0.132. The summed E-state index contributed by atoms with van der Waals surface area (Å²) in [6.45, 7) is -0.0175. The normalized spacial score (nSPS) is 11.6. The molecule has 4 rings (SSSR count). The van der Waals surface area contributed by atoms with Crippen LogP contribution < -0.4 is 0 Å². The van der Waals surface area contributed by atoms with Gasteiger partial charge in [-0.05, 0) is 48.2 Å². The largest absolute Gasteiger partial charge is 0.462 e. The predicted molar refractivity (Wildman–Crippen MR) is 135 cm³/mol. The molecule has 37 heavy (non-hydrogen) atoms. The van der Waals surface area contributed by atoms with Crippen molar-refractivity contribution in [3.63, 3.8) is 0 Å². The van der Waals surface area contributed by atoms with Gasteiger partial charge in [-0.25, -0.2) is 14.6 Å². The second-order valence-corrected chi connectivity index (χ2v) is 8.32. The predicted octanol–water partition coefficient (Wildman–Crippen LogP) is 4.64. The number of ether oxygens (including phenoxy) is 2. The average Bonchev–Trinajstić information content (AvgIpc) is 3.34. The fourth-order valence-corrected chi connectivity index (χ4v) is 3.86. The van der Waals surface area contributed by atoms with E-state index in [1.807, 2.05) is 36.4 Å². The summed E-state index contributed by atoms with van der Waals surface area (Å²) >= 11 is 0. The smallest absolute Gasteiger partial charge is 0.352 e. The van der Waals surface area contributed by atoms with Crippen molar-refractivity contribution in [2.45, 2.75) is 19.4 Å². The van der Waals surface area contributed by atoms with Crippen molar-refractivity contribution >= 4 is 34.4 Å². The third kappa shape index (κ3) is 6.43. The summed E-state index contributed by atoms with van der Waals surface area (Å²) in [7, 11) is 0. The standard InChI is InChI=1S/C27H24N4O6/c28-24(27(33)37-17-18-5-2-1-3-6-18)20(15-21-16-30-25-23(21)7-4-13-29-25)12-14-36-26(32)19-8-10-22(11-9-19)31(34)35/h1-11,13,16,20,28H,12,14-15,17H2,(H,29,30). The Kier molecular flexibility index (Phi) is 7.99. The van der Waals surface area contributed by atoms with Crippen molar-refractivity contribution in [3.8, 4) is 0 Å². The molecule has 1 atom stereocenters. The van der Waals surface area contributed by atoms with Crippen LogP contribution in [0.2, 0.25) is 0 Å². The lowest BCUT2D eigenvalue weighted by Crippen LogP contribution is -2.28. The highest BCUT2D eigenvalue weighted by Gasteiger charge is 2.25. The number of fused-ring (bicyclic) bond motifs is 1. The molecule has 0 aliphatic rings. The highest BCUT2D eigenvalue weighted by atomic mass is 16.6. The number of hydrogen-bond donors (Lipinski definition) is 2. The Morgan fingerprint density at radius 1 is 1.03 bits per heavy atom. The molecule has 0 saturated heterocycles. The van der Waals surface area contributed by atoms with Crippen LogP contribution in [-0.4, -0.2) is 39.1 Å². The Morgan fingerprint density at radius 2 is 1.78 bits per heavy atom. The van der Waals surface area contributed by atoms with Crippen LogP contribution in [0, 0.1) is 21.4 Å². The van der Waals surface area contributed by atoms with Gasteiger partial charge in [-0.15, -0.1) is 0 Å². The van der Waals surface area contributed by atoms with Gasteiger partial charge in [0.05, 0.1) is 17.1 Å². The van der Waals surface area contributed by atoms with Crippen LogP contribution in [0.15, 0.2) is 79.1 Å². The zero-order valence-electron chi connectivity index (χ0n) is 19.8. The third-order valence-corrected chi connectivity index (χ3v) is 5.86. The maximum atomic E-state index is 12.7. The van der Waals surface area contributed by atoms with Crippen LogP contribution in [0.1, 0.15) is 27.9 Å². The first-order valence-electron chi connectivity index (χ1n) is 11.5. The fourth-order valence-electron chi connectivity index (χ4n) is 3.86. The van der Waals surface area contributed by atoms with E-state index in [2.05, 4.69) is 9.97 Å². The number of non-ortho nitro benzene ring substituents is 1. The number of carbonyl (C=O) groups is 2. The molecule has 0 amide bonds. The molecule has 2 heterocycles. The van der Waals surface area contributed by atoms with Gasteiger partial charge < -0.3 is 14.5 Å². The maximum absolute atomic E-state index is 12.7. The number of carbonyl (C=O) groups excluding carboxylic acids is 2. The fraction of sp³-hybridized carbons (Fsp3) is 0.185. The molecule has 10 heteroatoms. The molecule has 0 bridgehead atoms. The molecule has 0 spiro atoms. The van der Waals surface area contributed by atoms with Crippen molar-refractivity contribution in [2.75, 3.05) is 6.61 Å². The third-order valence-electron chi connectivity index (χ3n) is 5.86. The van der Waals surface area contributed by atoms with Gasteiger partial charge in [0.15, 0.2) is 0 Å². The van der Waals surface area contributed by atoms with E-state index < -0.39 is 22.8 Å². The first-order valence-corrected chi connectivity index (χ1v) is 11.5. The van der Waals surface area contributed by atoms with E-state index in [0.717, 1.165) is 16.5 Å². The van der Waals surface area contributed by atoms with Crippen molar-refractivity contribution in [1.82, 2.24) is 9.97 Å². The minimum atomic E-state index is -0.742. The van der Waals surface area contributed by atoms with E-state index in [4.69, 9.17) is 14.9 Å². The highest BCUT2D eigenvalue weighted by molar-refractivity contribution is 6.36. The Hall–Kier alpha value is -4.86. The van der Waals surface area contributed by atoms with Crippen molar-refractivity contribution in [1.29, 1.82) is 5.41 Å². The maximum Gasteiger partial charge on any atom is 0.352 e. The minimum Gasteiger partial charge on any atom is -0.462 e. The number of H-pyrrole nitrogens is 1. The van der Waals surface area contributed by atoms with E-state index in [-0.39, 0.29) is 36.6 Å². The molecule has 0 aliphatic carbocycles. The van der Waals surface area contributed by atoms with Gasteiger partial charge in [0.1, 0.15) is 18.0 Å². The number of aromatic amines is 1. The summed E-state index contributed by atoms with van der Waals surface area (Å²) in [4.78, 5) is 42.8. The molecule has 2 aromatic carbocycles. The number of esters is 2. The number of nitrogens with zero attached hydrogens (tertiary/aromatic N) is 2. The highest BCUT2D eigenvalue weighted by Crippen LogP contribution is 2.22. The number of nitro benzene ring substituents is 1. The van der Waals surface area contributed by atoms with Crippen LogP contribution >= 0.6 is 0 Å². The van der Waals surface area contributed by atoms with Crippen LogP contribution in [0.3, 0.4) is 0 Å². The molecule has 1 unspecified atom stereocenters. The van der Waals surface area contributed by atoms with Crippen molar-refractivity contribution in [3.05, 3.63) is 106 Å². The number of aromatic nitrogens is 2. The van der Waals surface area contributed by atoms with Crippen LogP contribution in [0.25, 0.3) is 11.0 Å². The second kappa shape index (κ2) is 11.7. The molecule has 0 saturated carbocycles. The Morgan fingerprint density at radius 3 is 2.51 bits per heavy atom. The van der Waals surface area contributed by atoms with Gasteiger partial charge in [-0.2, -0.15) is 0 Å². The summed E-state index contributed by atoms with van der Waals surface area (Å²) < 4.78 is 10.7. The van der Waals surface area contributed by atoms with Crippen LogP contribution in [0.4, 0.5) is 5.69 Å². The Bertz CT molecular complexity index is 1420. The first-order chi connectivity index (χ1) is 17.9. The van der Waals surface area contributed by atoms with E-state index in [0.29, 0.717) is 12.1 Å². The van der Waals surface area contributed by atoms with Gasteiger partial charge in [0.25, 0.3) is 5.69 Å². The van der Waals surface area contributed by atoms with E-state index >= 15 is 0 Å². The number of nitro groups is 1. The lowest BCUT2D eigenvalue weighted by atomic mass is 9.92. The van der Waals surface area contributed by atoms with Crippen LogP contribution in [0.5, 0.6) is 0 Å². The lowest BCUT2D eigenvalue weighted by Gasteiger charge is -2.17. The summed E-state index contributed by atoms with van der Waals surface area (Å²) in [6, 6.07) is 18.0. The molecule has 4 aromatic rings. The summed E-state index contributed by atoms with van der Waals surface area (Å²) in [5.74, 6) is -1.98. The summed E-state index contributed by atoms with van der Waals surface area (Å²) in [6.07, 6.45) is 3.99. The van der Waals surface area contributed by atoms with Crippen molar-refractivity contribution in [2.24, 2.45) is 5.92 Å². The Balaban J connectivity index is 1.43. The molecule has 10 nitrogen and oxygen atoms in total. The average molecular weight is 501 g/mol. The lowest BCUT2D eigenvalue weighted by molar-refractivity contribution is -0.384. The van der Waals surface area contributed by atoms with Gasteiger partial charge in [0, 0.05) is 35.8 Å². The summed E-state index contributed by atoms with van der Waals surface area (Å²) in [5.41, 5.74) is 2.18. The van der Waals surface area contributed by atoms with Gasteiger partial charge in [0.2, 0.25) is 0 Å². The molecule has 2 N–H and O–H groups in total. The monoisotopic (exact) mass is 500 g/mol. The number of rotatable bonds is 11. The molecule has 188 valence electrons. The Labute approximate surface area is 211 Å². The topological polar surface area (TPSA) is 148 Å². The molecule has 2 aromatic heterocycles. The first kappa shape index (κ1) is 25.2. The van der Waals surface area contributed by atoms with Gasteiger partial charge in [-0.1, -0.05) is 30.3 Å². The van der Waals surface area contributed by atoms with Crippen LogP contribution in [-0.2, 0) is 27.3 Å². The molecule has 0 fully saturated rings. The molecule has 0 radical (unpaired) electrons. The van der Waals surface area contributed by atoms with Crippen molar-refractivity contribution < 1.29 is 24.0 Å². The number of benzene rings is 2. The van der Waals surface area contributed by atoms with E-state index in [9.17, 15) is 19.7 Å². The zero-order chi connectivity index (χ0) is 26.2. The summed E-state index contributed by atoms with van der Waals surface area (Å²) in [5, 5.41) is 20.2.